The number of phenols is 1. The third kappa shape index (κ3) is 4.58. The summed E-state index contributed by atoms with van der Waals surface area (Å²) in [7, 11) is 1.55. The van der Waals surface area contributed by atoms with Crippen molar-refractivity contribution in [2.45, 2.75) is 13.0 Å². The van der Waals surface area contributed by atoms with Crippen molar-refractivity contribution in [3.8, 4) is 11.5 Å². The molecule has 174 valence electrons. The number of likely N-dealkylation sites (tertiary alicyclic amines) is 1. The summed E-state index contributed by atoms with van der Waals surface area (Å²) < 4.78 is 10.6. The van der Waals surface area contributed by atoms with Crippen molar-refractivity contribution in [2.24, 2.45) is 0 Å². The lowest BCUT2D eigenvalue weighted by Gasteiger charge is -2.31. The number of hydrogen-bond donors (Lipinski definition) is 2. The highest BCUT2D eigenvalue weighted by Gasteiger charge is 2.46. The van der Waals surface area contributed by atoms with Gasteiger partial charge in [-0.1, -0.05) is 12.1 Å². The predicted octanol–water partition coefficient (Wildman–Crippen LogP) is 2.46. The minimum absolute atomic E-state index is 0.0425. The van der Waals surface area contributed by atoms with Gasteiger partial charge >= 0.3 is 0 Å². The van der Waals surface area contributed by atoms with Crippen LogP contribution in [0.2, 0.25) is 0 Å². The number of amides is 1. The standard InChI is InChI=1S/C25H28N2O6/c1-16-15-19(32-2)7-8-20(16)23(29)21-22(17-3-5-18(28)6-4-17)27(25(31)24(21)30)10-9-26-11-13-33-14-12-26/h3-8,15,22,28-29H,9-14H2,1-2H3/b23-21+/t22-/m1/s1. The summed E-state index contributed by atoms with van der Waals surface area (Å²) in [5.74, 6) is -0.877. The van der Waals surface area contributed by atoms with E-state index in [0.717, 1.165) is 18.7 Å². The van der Waals surface area contributed by atoms with Crippen molar-refractivity contribution in [2.75, 3.05) is 46.5 Å². The number of ketones is 1. The molecule has 2 fully saturated rings. The number of benzene rings is 2. The van der Waals surface area contributed by atoms with Crippen LogP contribution in [0.3, 0.4) is 0 Å². The van der Waals surface area contributed by atoms with Crippen LogP contribution in [0.25, 0.3) is 5.76 Å². The molecule has 2 aromatic rings. The number of Topliss-reactive ketones (excluding diaryl/α,β-unsaturated/α-hetero) is 1. The highest BCUT2D eigenvalue weighted by Crippen LogP contribution is 2.40. The average molecular weight is 453 g/mol. The van der Waals surface area contributed by atoms with E-state index in [2.05, 4.69) is 4.90 Å². The van der Waals surface area contributed by atoms with Crippen LogP contribution >= 0.6 is 0 Å². The highest BCUT2D eigenvalue weighted by atomic mass is 16.5. The number of hydrogen-bond acceptors (Lipinski definition) is 7. The lowest BCUT2D eigenvalue weighted by Crippen LogP contribution is -2.42. The first-order chi connectivity index (χ1) is 15.9. The Morgan fingerprint density at radius 3 is 2.42 bits per heavy atom. The zero-order valence-electron chi connectivity index (χ0n) is 18.8. The summed E-state index contributed by atoms with van der Waals surface area (Å²) in [6, 6.07) is 10.7. The van der Waals surface area contributed by atoms with Crippen LogP contribution in [0, 0.1) is 6.92 Å². The second kappa shape index (κ2) is 9.64. The first-order valence-electron chi connectivity index (χ1n) is 10.9. The molecule has 0 saturated carbocycles. The average Bonchev–Trinajstić information content (AvgIpc) is 3.08. The van der Waals surface area contributed by atoms with E-state index in [1.165, 1.54) is 17.0 Å². The smallest absolute Gasteiger partial charge is 0.295 e. The van der Waals surface area contributed by atoms with Gasteiger partial charge in [0.05, 0.1) is 31.9 Å². The number of carbonyl (C=O) groups excluding carboxylic acids is 2. The van der Waals surface area contributed by atoms with E-state index >= 15 is 0 Å². The number of morpholine rings is 1. The summed E-state index contributed by atoms with van der Waals surface area (Å²) in [6.45, 7) is 5.52. The zero-order chi connectivity index (χ0) is 23.5. The summed E-state index contributed by atoms with van der Waals surface area (Å²) in [6.07, 6.45) is 0. The molecule has 4 rings (SSSR count). The van der Waals surface area contributed by atoms with E-state index in [-0.39, 0.29) is 17.1 Å². The van der Waals surface area contributed by atoms with Gasteiger partial charge in [-0.2, -0.15) is 0 Å². The van der Waals surface area contributed by atoms with Gasteiger partial charge in [-0.05, 0) is 48.4 Å². The summed E-state index contributed by atoms with van der Waals surface area (Å²) in [4.78, 5) is 29.9. The van der Waals surface area contributed by atoms with Crippen molar-refractivity contribution in [1.29, 1.82) is 0 Å². The predicted molar refractivity (Wildman–Crippen MR) is 122 cm³/mol. The van der Waals surface area contributed by atoms with E-state index in [1.807, 2.05) is 6.92 Å². The van der Waals surface area contributed by atoms with Crippen LogP contribution in [-0.4, -0.2) is 78.2 Å². The van der Waals surface area contributed by atoms with Gasteiger partial charge in [-0.25, -0.2) is 0 Å². The molecule has 8 nitrogen and oxygen atoms in total. The van der Waals surface area contributed by atoms with Crippen LogP contribution in [0.4, 0.5) is 0 Å². The molecule has 0 unspecified atom stereocenters. The first-order valence-corrected chi connectivity index (χ1v) is 10.9. The number of aliphatic hydroxyl groups excluding tert-OH is 1. The van der Waals surface area contributed by atoms with Crippen molar-refractivity contribution in [1.82, 2.24) is 9.80 Å². The van der Waals surface area contributed by atoms with Gasteiger partial charge in [-0.3, -0.25) is 14.5 Å². The molecular formula is C25H28N2O6. The maximum Gasteiger partial charge on any atom is 0.295 e. The number of aromatic hydroxyl groups is 1. The minimum Gasteiger partial charge on any atom is -0.508 e. The highest BCUT2D eigenvalue weighted by molar-refractivity contribution is 6.46. The molecule has 2 aliphatic heterocycles. The summed E-state index contributed by atoms with van der Waals surface area (Å²) in [5, 5.41) is 21.0. The van der Waals surface area contributed by atoms with E-state index in [0.29, 0.717) is 43.2 Å². The molecule has 1 atom stereocenters. The van der Waals surface area contributed by atoms with Crippen LogP contribution in [-0.2, 0) is 14.3 Å². The molecule has 33 heavy (non-hydrogen) atoms. The fourth-order valence-corrected chi connectivity index (χ4v) is 4.36. The van der Waals surface area contributed by atoms with Crippen molar-refractivity contribution in [3.63, 3.8) is 0 Å². The largest absolute Gasteiger partial charge is 0.508 e. The van der Waals surface area contributed by atoms with Gasteiger partial charge in [0.25, 0.3) is 11.7 Å². The Hall–Kier alpha value is -3.36. The number of phenolic OH excluding ortho intramolecular Hbond substituents is 1. The Bertz CT molecular complexity index is 1070. The molecule has 8 heteroatoms. The Morgan fingerprint density at radius 1 is 1.09 bits per heavy atom. The molecule has 0 aromatic heterocycles. The number of rotatable bonds is 6. The Balaban J connectivity index is 1.75. The maximum atomic E-state index is 13.1. The lowest BCUT2D eigenvalue weighted by molar-refractivity contribution is -0.140. The molecular weight excluding hydrogens is 424 g/mol. The van der Waals surface area contributed by atoms with Crippen LogP contribution in [0.15, 0.2) is 48.0 Å². The molecule has 0 bridgehead atoms. The fourth-order valence-electron chi connectivity index (χ4n) is 4.36. The number of aryl methyl sites for hydroxylation is 1. The van der Waals surface area contributed by atoms with Gasteiger partial charge in [0.1, 0.15) is 17.3 Å². The van der Waals surface area contributed by atoms with E-state index in [9.17, 15) is 19.8 Å². The van der Waals surface area contributed by atoms with Crippen molar-refractivity contribution < 1.29 is 29.3 Å². The van der Waals surface area contributed by atoms with E-state index in [4.69, 9.17) is 9.47 Å². The van der Waals surface area contributed by atoms with Crippen LogP contribution in [0.5, 0.6) is 11.5 Å². The van der Waals surface area contributed by atoms with E-state index in [1.54, 1.807) is 37.4 Å². The topological polar surface area (TPSA) is 99.5 Å². The molecule has 1 amide bonds. The number of methoxy groups -OCH3 is 1. The van der Waals surface area contributed by atoms with Crippen molar-refractivity contribution >= 4 is 17.4 Å². The third-order valence-corrected chi connectivity index (χ3v) is 6.20. The second-order valence-electron chi connectivity index (χ2n) is 8.22. The van der Waals surface area contributed by atoms with Crippen LogP contribution < -0.4 is 4.74 Å². The number of ether oxygens (including phenoxy) is 2. The molecule has 2 aliphatic rings. The normalized spacial score (nSPS) is 20.9. The summed E-state index contributed by atoms with van der Waals surface area (Å²) in [5.41, 5.74) is 1.87. The van der Waals surface area contributed by atoms with Crippen LogP contribution in [0.1, 0.15) is 22.7 Å². The number of aliphatic hydroxyl groups is 1. The van der Waals surface area contributed by atoms with Gasteiger partial charge in [-0.15, -0.1) is 0 Å². The molecule has 2 N–H and O–H groups in total. The van der Waals surface area contributed by atoms with E-state index < -0.39 is 17.7 Å². The minimum atomic E-state index is -0.756. The van der Waals surface area contributed by atoms with Crippen molar-refractivity contribution in [3.05, 3.63) is 64.7 Å². The van der Waals surface area contributed by atoms with Gasteiger partial charge in [0.15, 0.2) is 0 Å². The molecule has 2 saturated heterocycles. The Labute approximate surface area is 192 Å². The van der Waals surface area contributed by atoms with Gasteiger partial charge in [0.2, 0.25) is 0 Å². The summed E-state index contributed by atoms with van der Waals surface area (Å²) >= 11 is 0. The molecule has 2 heterocycles. The maximum absolute atomic E-state index is 13.1. The quantitative estimate of drug-likeness (QED) is 0.395. The molecule has 0 aliphatic carbocycles. The van der Waals surface area contributed by atoms with Gasteiger partial charge in [0, 0.05) is 31.7 Å². The lowest BCUT2D eigenvalue weighted by atomic mass is 9.94. The molecule has 0 spiro atoms. The monoisotopic (exact) mass is 452 g/mol. The third-order valence-electron chi connectivity index (χ3n) is 6.20. The Kier molecular flexibility index (Phi) is 6.67. The molecule has 0 radical (unpaired) electrons. The zero-order valence-corrected chi connectivity index (χ0v) is 18.8. The van der Waals surface area contributed by atoms with Gasteiger partial charge < -0.3 is 24.6 Å². The Morgan fingerprint density at radius 2 is 1.79 bits per heavy atom. The molecule has 2 aromatic carbocycles. The number of nitrogens with zero attached hydrogens (tertiary/aromatic N) is 2. The number of carbonyl (C=O) groups is 2. The fraction of sp³-hybridized carbons (Fsp3) is 0.360. The second-order valence-corrected chi connectivity index (χ2v) is 8.22. The first kappa shape index (κ1) is 22.8. The SMILES string of the molecule is COc1ccc(/C(O)=C2\C(=O)C(=O)N(CCN3CCOCC3)[C@@H]2c2ccc(O)cc2)c(C)c1.